The number of hydrogen-bond donors (Lipinski definition) is 0. The monoisotopic (exact) mass is 182 g/mol. The molecule has 12 heavy (non-hydrogen) atoms. The molecule has 0 saturated heterocycles. The zero-order valence-electron chi connectivity index (χ0n) is 7.71. The van der Waals surface area contributed by atoms with E-state index in [9.17, 15) is 0 Å². The minimum Gasteiger partial charge on any atom is -0.138 e. The molecule has 0 nitrogen and oxygen atoms in total. The van der Waals surface area contributed by atoms with Crippen molar-refractivity contribution in [3.05, 3.63) is 24.3 Å². The first-order chi connectivity index (χ1) is 5.93. The van der Waals surface area contributed by atoms with Crippen molar-refractivity contribution in [1.29, 1.82) is 0 Å². The van der Waals surface area contributed by atoms with Crippen LogP contribution >= 0.6 is 9.24 Å². The van der Waals surface area contributed by atoms with Crippen molar-refractivity contribution in [2.45, 2.75) is 32.1 Å². The van der Waals surface area contributed by atoms with Gasteiger partial charge in [0, 0.05) is 0 Å². The second-order valence-corrected chi connectivity index (χ2v) is 4.00. The van der Waals surface area contributed by atoms with Gasteiger partial charge in [0.05, 0.1) is 0 Å². The van der Waals surface area contributed by atoms with Crippen LogP contribution in [0.2, 0.25) is 0 Å². The summed E-state index contributed by atoms with van der Waals surface area (Å²) >= 11 is 0. The second kappa shape index (κ2) is 6.43. The normalized spacial score (nSPS) is 16.1. The predicted octanol–water partition coefficient (Wildman–Crippen LogP) is 3.55. The molecule has 0 aromatic carbocycles. The van der Waals surface area contributed by atoms with Crippen molar-refractivity contribution in [3.8, 4) is 0 Å². The van der Waals surface area contributed by atoms with Crippen molar-refractivity contribution in [1.82, 2.24) is 0 Å². The number of allylic oxidation sites excluding steroid dienone is 4. The van der Waals surface area contributed by atoms with Crippen molar-refractivity contribution in [2.24, 2.45) is 5.92 Å². The van der Waals surface area contributed by atoms with Gasteiger partial charge in [-0.1, -0.05) is 43.6 Å². The van der Waals surface area contributed by atoms with Crippen molar-refractivity contribution in [2.75, 3.05) is 6.16 Å². The molecule has 0 aromatic rings. The van der Waals surface area contributed by atoms with E-state index in [1.807, 2.05) is 0 Å². The lowest BCUT2D eigenvalue weighted by atomic mass is 10.0. The Hall–Kier alpha value is -0.0900. The topological polar surface area (TPSA) is 0 Å². The van der Waals surface area contributed by atoms with Gasteiger partial charge >= 0.3 is 0 Å². The number of unbranched alkanes of at least 4 members (excludes halogenated alkanes) is 3. The molecule has 1 unspecified atom stereocenters. The fourth-order valence-electron chi connectivity index (χ4n) is 1.55. The van der Waals surface area contributed by atoms with E-state index < -0.39 is 0 Å². The minimum absolute atomic E-state index is 0.751. The highest BCUT2D eigenvalue weighted by Gasteiger charge is 2.01. The molecule has 0 saturated carbocycles. The van der Waals surface area contributed by atoms with Gasteiger partial charge < -0.3 is 0 Å². The van der Waals surface area contributed by atoms with Crippen LogP contribution in [0.25, 0.3) is 0 Å². The summed E-state index contributed by atoms with van der Waals surface area (Å²) in [7, 11) is 2.79. The van der Waals surface area contributed by atoms with E-state index in [2.05, 4.69) is 33.5 Å². The summed E-state index contributed by atoms with van der Waals surface area (Å²) in [4.78, 5) is 0. The van der Waals surface area contributed by atoms with Crippen LogP contribution in [0.1, 0.15) is 32.1 Å². The lowest BCUT2D eigenvalue weighted by Gasteiger charge is -2.03. The zero-order valence-corrected chi connectivity index (χ0v) is 8.86. The molecule has 1 rings (SSSR count). The molecule has 0 bridgehead atoms. The molecule has 0 radical (unpaired) electrons. The van der Waals surface area contributed by atoms with Crippen molar-refractivity contribution >= 4 is 9.24 Å². The Labute approximate surface area is 78.3 Å². The van der Waals surface area contributed by atoms with Gasteiger partial charge in [-0.15, -0.1) is 9.24 Å². The fraction of sp³-hybridized carbons (Fsp3) is 0.636. The molecule has 1 aliphatic rings. The summed E-state index contributed by atoms with van der Waals surface area (Å²) in [6.45, 7) is 0. The maximum absolute atomic E-state index is 2.79. The van der Waals surface area contributed by atoms with Gasteiger partial charge in [0.1, 0.15) is 0 Å². The van der Waals surface area contributed by atoms with E-state index >= 15 is 0 Å². The number of hydrogen-bond acceptors (Lipinski definition) is 0. The van der Waals surface area contributed by atoms with Crippen LogP contribution in [-0.4, -0.2) is 6.16 Å². The molecule has 0 heterocycles. The molecular formula is C11H19P. The third kappa shape index (κ3) is 4.07. The third-order valence-corrected chi connectivity index (χ3v) is 2.73. The highest BCUT2D eigenvalue weighted by molar-refractivity contribution is 7.16. The third-order valence-electron chi connectivity index (χ3n) is 2.32. The molecule has 0 amide bonds. The molecular weight excluding hydrogens is 163 g/mol. The van der Waals surface area contributed by atoms with Crippen LogP contribution in [0.15, 0.2) is 24.3 Å². The second-order valence-electron chi connectivity index (χ2n) is 3.43. The quantitative estimate of drug-likeness (QED) is 0.435. The maximum Gasteiger partial charge on any atom is -0.00473 e. The van der Waals surface area contributed by atoms with Crippen molar-refractivity contribution in [3.63, 3.8) is 0 Å². The first kappa shape index (κ1) is 9.99. The van der Waals surface area contributed by atoms with E-state index in [1.54, 1.807) is 0 Å². The highest BCUT2D eigenvalue weighted by atomic mass is 31.0. The summed E-state index contributed by atoms with van der Waals surface area (Å²) in [6.07, 6.45) is 17.1. The molecule has 0 spiro atoms. The first-order valence-electron chi connectivity index (χ1n) is 4.98. The van der Waals surface area contributed by atoms with Crippen LogP contribution in [0.5, 0.6) is 0 Å². The van der Waals surface area contributed by atoms with E-state index in [1.165, 1.54) is 38.3 Å². The van der Waals surface area contributed by atoms with Gasteiger partial charge in [-0.25, -0.2) is 0 Å². The van der Waals surface area contributed by atoms with Gasteiger partial charge in [-0.05, 0) is 24.9 Å². The molecule has 1 heteroatoms. The van der Waals surface area contributed by atoms with Gasteiger partial charge in [0.15, 0.2) is 0 Å². The summed E-state index contributed by atoms with van der Waals surface area (Å²) in [5.74, 6) is 0.751. The van der Waals surface area contributed by atoms with E-state index in [0.29, 0.717) is 0 Å². The lowest BCUT2D eigenvalue weighted by molar-refractivity contribution is 0.594. The Morgan fingerprint density at radius 1 is 0.917 bits per heavy atom. The van der Waals surface area contributed by atoms with Gasteiger partial charge in [0.2, 0.25) is 0 Å². The molecule has 0 fully saturated rings. The largest absolute Gasteiger partial charge is 0.138 e. The smallest absolute Gasteiger partial charge is 0.00473 e. The zero-order chi connectivity index (χ0) is 8.65. The average Bonchev–Trinajstić information content (AvgIpc) is 2.57. The van der Waals surface area contributed by atoms with Gasteiger partial charge in [0.25, 0.3) is 0 Å². The van der Waals surface area contributed by atoms with Crippen LogP contribution < -0.4 is 0 Å². The first-order valence-corrected chi connectivity index (χ1v) is 5.80. The SMILES string of the molecule is PCCCCCCC1C=CC=C1. The fourth-order valence-corrected chi connectivity index (χ4v) is 1.84. The Balaban J connectivity index is 1.89. The van der Waals surface area contributed by atoms with Crippen LogP contribution in [0.3, 0.4) is 0 Å². The van der Waals surface area contributed by atoms with E-state index in [-0.39, 0.29) is 0 Å². The van der Waals surface area contributed by atoms with E-state index in [0.717, 1.165) is 5.92 Å². The Kier molecular flexibility index (Phi) is 5.35. The highest BCUT2D eigenvalue weighted by Crippen LogP contribution is 2.17. The summed E-state index contributed by atoms with van der Waals surface area (Å²) < 4.78 is 0. The molecule has 0 aromatic heterocycles. The predicted molar refractivity (Wildman–Crippen MR) is 59.4 cm³/mol. The molecule has 0 N–H and O–H groups in total. The number of rotatable bonds is 6. The Morgan fingerprint density at radius 3 is 2.25 bits per heavy atom. The van der Waals surface area contributed by atoms with Crippen molar-refractivity contribution < 1.29 is 0 Å². The van der Waals surface area contributed by atoms with Gasteiger partial charge in [-0.3, -0.25) is 0 Å². The summed E-state index contributed by atoms with van der Waals surface area (Å²) in [6, 6.07) is 0. The Morgan fingerprint density at radius 2 is 1.58 bits per heavy atom. The van der Waals surface area contributed by atoms with E-state index in [4.69, 9.17) is 0 Å². The average molecular weight is 182 g/mol. The molecule has 1 atom stereocenters. The van der Waals surface area contributed by atoms with Crippen LogP contribution in [0.4, 0.5) is 0 Å². The summed E-state index contributed by atoms with van der Waals surface area (Å²) in [5.41, 5.74) is 0. The molecule has 1 aliphatic carbocycles. The van der Waals surface area contributed by atoms with Gasteiger partial charge in [-0.2, -0.15) is 0 Å². The Bertz CT molecular complexity index is 146. The maximum atomic E-state index is 2.79. The summed E-state index contributed by atoms with van der Waals surface area (Å²) in [5, 5.41) is 0. The van der Waals surface area contributed by atoms with Crippen LogP contribution in [-0.2, 0) is 0 Å². The molecule has 68 valence electrons. The minimum atomic E-state index is 0.751. The molecule has 0 aliphatic heterocycles. The van der Waals surface area contributed by atoms with Crippen LogP contribution in [0, 0.1) is 5.92 Å². The standard InChI is InChI=1S/C11H19P/c12-10-6-2-1-3-7-11-8-4-5-9-11/h4-5,8-9,11H,1-3,6-7,10,12H2. The lowest BCUT2D eigenvalue weighted by Crippen LogP contribution is -1.89.